The second-order valence-electron chi connectivity index (χ2n) is 7.28. The second kappa shape index (κ2) is 10.6. The van der Waals surface area contributed by atoms with Crippen molar-refractivity contribution in [3.05, 3.63) is 33.9 Å². The van der Waals surface area contributed by atoms with E-state index in [0.29, 0.717) is 5.56 Å². The molecule has 1 aromatic rings. The minimum absolute atomic E-state index is 0.0352. The number of nitro benzene ring substituents is 1. The van der Waals surface area contributed by atoms with Gasteiger partial charge in [0.2, 0.25) is 6.29 Å². The molecule has 0 spiro atoms. The Labute approximate surface area is 179 Å². The van der Waals surface area contributed by atoms with Crippen molar-refractivity contribution in [3.63, 3.8) is 0 Å². The van der Waals surface area contributed by atoms with Crippen molar-refractivity contribution in [3.8, 4) is 5.75 Å². The topological polar surface area (TPSA) is 114 Å². The first-order chi connectivity index (χ1) is 14.1. The first kappa shape index (κ1) is 23.9. The SMILES string of the molecule is CC(=O)OC1[C@H](Oc2ccc(COC(=O)CCCl)cc2[N+](=O)[O-])OC(C)[C@@H](C)[C@@H]1C. The summed E-state index contributed by atoms with van der Waals surface area (Å²) < 4.78 is 22.1. The average molecular weight is 444 g/mol. The van der Waals surface area contributed by atoms with E-state index >= 15 is 0 Å². The minimum atomic E-state index is -0.999. The molecule has 30 heavy (non-hydrogen) atoms. The Kier molecular flexibility index (Phi) is 8.43. The van der Waals surface area contributed by atoms with Gasteiger partial charge in [-0.15, -0.1) is 11.6 Å². The summed E-state index contributed by atoms with van der Waals surface area (Å²) in [4.78, 5) is 34.0. The van der Waals surface area contributed by atoms with Crippen LogP contribution in [0.15, 0.2) is 18.2 Å². The lowest BCUT2D eigenvalue weighted by Gasteiger charge is -2.42. The first-order valence-electron chi connectivity index (χ1n) is 9.62. The monoisotopic (exact) mass is 443 g/mol. The first-order valence-corrected chi connectivity index (χ1v) is 10.2. The Balaban J connectivity index is 2.23. The lowest BCUT2D eigenvalue weighted by atomic mass is 9.84. The third-order valence-electron chi connectivity index (χ3n) is 5.17. The van der Waals surface area contributed by atoms with Gasteiger partial charge in [-0.3, -0.25) is 19.7 Å². The van der Waals surface area contributed by atoms with Crippen LogP contribution in [0.25, 0.3) is 0 Å². The molecule has 10 heteroatoms. The summed E-state index contributed by atoms with van der Waals surface area (Å²) in [6.45, 7) is 6.92. The molecule has 1 heterocycles. The van der Waals surface area contributed by atoms with Gasteiger partial charge in [0, 0.05) is 24.8 Å². The van der Waals surface area contributed by atoms with Crippen LogP contribution in [-0.4, -0.2) is 41.2 Å². The number of hydrogen-bond acceptors (Lipinski definition) is 8. The molecule has 1 saturated heterocycles. The highest BCUT2D eigenvalue weighted by atomic mass is 35.5. The van der Waals surface area contributed by atoms with Crippen LogP contribution in [0.3, 0.4) is 0 Å². The van der Waals surface area contributed by atoms with Crippen LogP contribution in [0.2, 0.25) is 0 Å². The Bertz CT molecular complexity index is 786. The average Bonchev–Trinajstić information content (AvgIpc) is 2.68. The fourth-order valence-corrected chi connectivity index (χ4v) is 3.32. The van der Waals surface area contributed by atoms with E-state index in [-0.39, 0.29) is 48.3 Å². The van der Waals surface area contributed by atoms with Crippen molar-refractivity contribution < 1.29 is 33.5 Å². The molecule has 1 aromatic carbocycles. The zero-order chi connectivity index (χ0) is 22.4. The van der Waals surface area contributed by atoms with Crippen LogP contribution in [-0.2, 0) is 30.4 Å². The summed E-state index contributed by atoms with van der Waals surface area (Å²) in [6.07, 6.45) is -1.86. The Hall–Kier alpha value is -2.39. The summed E-state index contributed by atoms with van der Waals surface area (Å²) in [6, 6.07) is 4.22. The van der Waals surface area contributed by atoms with Gasteiger partial charge in [0.25, 0.3) is 0 Å². The Morgan fingerprint density at radius 1 is 1.23 bits per heavy atom. The number of nitro groups is 1. The van der Waals surface area contributed by atoms with E-state index in [0.717, 1.165) is 0 Å². The molecule has 0 aromatic heterocycles. The maximum Gasteiger partial charge on any atom is 0.311 e. The van der Waals surface area contributed by atoms with E-state index in [2.05, 4.69) is 0 Å². The van der Waals surface area contributed by atoms with E-state index in [4.69, 9.17) is 30.5 Å². The fourth-order valence-electron chi connectivity index (χ4n) is 3.17. The molecule has 1 fully saturated rings. The van der Waals surface area contributed by atoms with Gasteiger partial charge in [0.15, 0.2) is 11.9 Å². The summed E-state index contributed by atoms with van der Waals surface area (Å²) >= 11 is 5.48. The smallest absolute Gasteiger partial charge is 0.311 e. The molecular weight excluding hydrogens is 418 g/mol. The molecule has 166 valence electrons. The van der Waals surface area contributed by atoms with Gasteiger partial charge < -0.3 is 18.9 Å². The van der Waals surface area contributed by atoms with Crippen molar-refractivity contribution in [2.24, 2.45) is 11.8 Å². The van der Waals surface area contributed by atoms with Crippen LogP contribution < -0.4 is 4.74 Å². The van der Waals surface area contributed by atoms with Gasteiger partial charge in [0.1, 0.15) is 6.61 Å². The molecule has 0 radical (unpaired) electrons. The zero-order valence-corrected chi connectivity index (χ0v) is 18.1. The third-order valence-corrected chi connectivity index (χ3v) is 5.36. The molecule has 1 aliphatic rings. The van der Waals surface area contributed by atoms with Gasteiger partial charge >= 0.3 is 17.6 Å². The van der Waals surface area contributed by atoms with Crippen LogP contribution in [0.4, 0.5) is 5.69 Å². The quantitative estimate of drug-likeness (QED) is 0.259. The standard InChI is InChI=1S/C20H26ClNO8/c1-11-12(2)19(29-14(4)23)20(28-13(11)3)30-17-6-5-15(9-16(17)22(25)26)10-27-18(24)7-8-21/h5-6,9,11-13,19-20H,7-8,10H2,1-4H3/t11-,12-,13?,19?,20-/m0/s1. The maximum absolute atomic E-state index is 11.6. The zero-order valence-electron chi connectivity index (χ0n) is 17.3. The number of alkyl halides is 1. The van der Waals surface area contributed by atoms with Crippen molar-refractivity contribution in [2.75, 3.05) is 5.88 Å². The maximum atomic E-state index is 11.6. The molecule has 0 saturated carbocycles. The van der Waals surface area contributed by atoms with Gasteiger partial charge in [-0.1, -0.05) is 19.9 Å². The molecule has 0 amide bonds. The number of carbonyl (C=O) groups is 2. The van der Waals surface area contributed by atoms with E-state index in [1.807, 2.05) is 20.8 Å². The summed E-state index contributed by atoms with van der Waals surface area (Å²) in [7, 11) is 0. The van der Waals surface area contributed by atoms with E-state index in [1.54, 1.807) is 6.07 Å². The van der Waals surface area contributed by atoms with Gasteiger partial charge in [0.05, 0.1) is 17.4 Å². The number of halogens is 1. The number of benzene rings is 1. The summed E-state index contributed by atoms with van der Waals surface area (Å²) in [5.74, 6) is -0.880. The number of carbonyl (C=O) groups excluding carboxylic acids is 2. The predicted octanol–water partition coefficient (Wildman–Crippen LogP) is 3.59. The molecule has 1 aliphatic heterocycles. The van der Waals surface area contributed by atoms with Crippen LogP contribution >= 0.6 is 11.6 Å². The van der Waals surface area contributed by atoms with Crippen LogP contribution in [0, 0.1) is 22.0 Å². The number of hydrogen-bond donors (Lipinski definition) is 0. The normalized spacial score (nSPS) is 26.0. The number of nitrogens with zero attached hydrogens (tertiary/aromatic N) is 1. The predicted molar refractivity (Wildman–Crippen MR) is 107 cm³/mol. The van der Waals surface area contributed by atoms with Crippen molar-refractivity contribution >= 4 is 29.2 Å². The largest absolute Gasteiger partial charge is 0.461 e. The number of ether oxygens (including phenoxy) is 4. The van der Waals surface area contributed by atoms with Gasteiger partial charge in [-0.25, -0.2) is 0 Å². The number of rotatable bonds is 8. The van der Waals surface area contributed by atoms with Gasteiger partial charge in [-0.05, 0) is 24.5 Å². The van der Waals surface area contributed by atoms with Crippen LogP contribution in [0.5, 0.6) is 5.75 Å². The highest BCUT2D eigenvalue weighted by molar-refractivity contribution is 6.18. The van der Waals surface area contributed by atoms with E-state index < -0.39 is 29.3 Å². The highest BCUT2D eigenvalue weighted by Gasteiger charge is 2.43. The summed E-state index contributed by atoms with van der Waals surface area (Å²) in [5, 5.41) is 11.6. The van der Waals surface area contributed by atoms with Crippen molar-refractivity contribution in [1.29, 1.82) is 0 Å². The third kappa shape index (κ3) is 6.06. The van der Waals surface area contributed by atoms with Crippen LogP contribution in [0.1, 0.15) is 39.7 Å². The Morgan fingerprint density at radius 2 is 1.93 bits per heavy atom. The van der Waals surface area contributed by atoms with Crippen molar-refractivity contribution in [2.45, 2.75) is 59.2 Å². The molecule has 2 rings (SSSR count). The molecule has 5 atom stereocenters. The van der Waals surface area contributed by atoms with E-state index in [9.17, 15) is 19.7 Å². The highest BCUT2D eigenvalue weighted by Crippen LogP contribution is 2.36. The van der Waals surface area contributed by atoms with Gasteiger partial charge in [-0.2, -0.15) is 0 Å². The molecule has 2 unspecified atom stereocenters. The lowest BCUT2D eigenvalue weighted by Crippen LogP contribution is -2.52. The molecule has 0 aliphatic carbocycles. The molecule has 9 nitrogen and oxygen atoms in total. The van der Waals surface area contributed by atoms with Crippen molar-refractivity contribution in [1.82, 2.24) is 0 Å². The number of esters is 2. The Morgan fingerprint density at radius 3 is 2.53 bits per heavy atom. The van der Waals surface area contributed by atoms with E-state index in [1.165, 1.54) is 19.1 Å². The fraction of sp³-hybridized carbons (Fsp3) is 0.600. The molecular formula is C20H26ClNO8. The summed E-state index contributed by atoms with van der Waals surface area (Å²) in [5.41, 5.74) is 0.110. The molecule has 0 N–H and O–H groups in total. The second-order valence-corrected chi connectivity index (χ2v) is 7.66. The molecule has 0 bridgehead atoms. The lowest BCUT2D eigenvalue weighted by molar-refractivity contribution is -0.387. The minimum Gasteiger partial charge on any atom is -0.461 e.